The van der Waals surface area contributed by atoms with E-state index in [-0.39, 0.29) is 48.5 Å². The number of ketones is 3. The first-order chi connectivity index (χ1) is 63.3. The summed E-state index contributed by atoms with van der Waals surface area (Å²) in [5.41, 5.74) is 0. The molecule has 0 atom stereocenters. The van der Waals surface area contributed by atoms with Crippen LogP contribution in [0.4, 0.5) is 0 Å². The molecule has 770 valence electrons. The fraction of sp³-hybridized carbons (Fsp3) is 0.846. The third kappa shape index (κ3) is 113. The molecule has 14 heteroatoms. The standard InChI is InChI=1S/3C39H74NO2.H3O4P/c3*1-5-7-9-11-13-15-17-19-21-23-25-27-29-31-33-35-38(41)37-40(3,4)39(42)36-34-32-30-28-26-24-22-20-18-16-14-12-10-8-6-2;1-5(2,3)4/h3*19-22H,5-18,23-37H2,1-4H3;(H3,1,2,3,4)/q3*+1;/p-3/b3*21-19-,22-20-;. The average Bonchev–Trinajstić information content (AvgIpc) is 0.884. The molecule has 0 aliphatic carbocycles. The molecule has 0 aromatic carbocycles. The number of unbranched alkanes of at least 4 members (excludes halogenated alkanes) is 66. The number of hydrogen-bond acceptors (Lipinski definition) is 10. The summed E-state index contributed by atoms with van der Waals surface area (Å²) >= 11 is 0. The van der Waals surface area contributed by atoms with Crippen LogP contribution in [0.5, 0.6) is 0 Å². The summed E-state index contributed by atoms with van der Waals surface area (Å²) in [5, 5.41) is 0. The van der Waals surface area contributed by atoms with Crippen LogP contribution in [0.2, 0.25) is 0 Å². The minimum Gasteiger partial charge on any atom is -0.822 e. The van der Waals surface area contributed by atoms with E-state index in [1.807, 2.05) is 42.3 Å². The number of carbonyl (C=O) groups is 6. The van der Waals surface area contributed by atoms with E-state index in [1.54, 1.807) is 0 Å². The molecule has 0 aliphatic heterocycles. The molecular formula is C117H222N3O10P. The first-order valence-corrected chi connectivity index (χ1v) is 58.0. The molecule has 0 fully saturated rings. The van der Waals surface area contributed by atoms with Crippen LogP contribution < -0.4 is 14.7 Å². The van der Waals surface area contributed by atoms with Gasteiger partial charge in [0.05, 0.1) is 61.5 Å². The molecular weight excluding hydrogens is 1640 g/mol. The van der Waals surface area contributed by atoms with Gasteiger partial charge in [-0.2, -0.15) is 7.82 Å². The van der Waals surface area contributed by atoms with E-state index in [2.05, 4.69) is 114 Å². The number of carbonyl (C=O) groups excluding carboxylic acids is 6. The molecule has 0 heterocycles. The summed E-state index contributed by atoms with van der Waals surface area (Å²) in [6.45, 7) is 14.7. The molecule has 0 spiro atoms. The maximum absolute atomic E-state index is 12.8. The minimum atomic E-state index is -5.39. The van der Waals surface area contributed by atoms with E-state index in [1.165, 1.54) is 424 Å². The molecule has 0 saturated carbocycles. The monoisotopic (exact) mass is 1860 g/mol. The fourth-order valence-electron chi connectivity index (χ4n) is 17.0. The van der Waals surface area contributed by atoms with E-state index in [4.69, 9.17) is 19.2 Å². The number of rotatable bonds is 96. The van der Waals surface area contributed by atoms with E-state index in [9.17, 15) is 28.8 Å². The van der Waals surface area contributed by atoms with Crippen molar-refractivity contribution in [1.29, 1.82) is 0 Å². The highest BCUT2D eigenvalue weighted by atomic mass is 31.2. The van der Waals surface area contributed by atoms with Gasteiger partial charge in [-0.25, -0.2) is 14.4 Å². The van der Waals surface area contributed by atoms with E-state index in [0.717, 1.165) is 77.0 Å². The molecule has 0 radical (unpaired) electrons. The smallest absolute Gasteiger partial charge is 0.313 e. The topological polar surface area (TPSA) is 189 Å². The maximum atomic E-state index is 12.8. The van der Waals surface area contributed by atoms with E-state index in [0.29, 0.717) is 58.2 Å². The molecule has 0 aromatic heterocycles. The number of amides is 3. The van der Waals surface area contributed by atoms with Crippen molar-refractivity contribution < 1.29 is 61.5 Å². The first-order valence-electron chi connectivity index (χ1n) is 56.6. The Balaban J connectivity index is -0.000000898. The molecule has 0 N–H and O–H groups in total. The number of nitrogens with zero attached hydrogens (tertiary/aromatic N) is 3. The Morgan fingerprint density at radius 2 is 0.275 bits per heavy atom. The molecule has 131 heavy (non-hydrogen) atoms. The average molecular weight is 1860 g/mol. The van der Waals surface area contributed by atoms with Crippen LogP contribution in [-0.2, 0) is 33.3 Å². The number of allylic oxidation sites excluding steroid dienone is 12. The Morgan fingerprint density at radius 3 is 0.397 bits per heavy atom. The Kier molecular flexibility index (Phi) is 108. The third-order valence-electron chi connectivity index (χ3n) is 25.8. The van der Waals surface area contributed by atoms with Crippen molar-refractivity contribution in [3.63, 3.8) is 0 Å². The highest BCUT2D eigenvalue weighted by Gasteiger charge is 2.31. The molecule has 0 saturated heterocycles. The molecule has 0 aromatic rings. The van der Waals surface area contributed by atoms with Crippen molar-refractivity contribution in [1.82, 2.24) is 0 Å². The zero-order valence-electron chi connectivity index (χ0n) is 89.3. The lowest BCUT2D eigenvalue weighted by Crippen LogP contribution is -2.48. The zero-order valence-corrected chi connectivity index (χ0v) is 90.2. The van der Waals surface area contributed by atoms with Crippen LogP contribution in [0.1, 0.15) is 581 Å². The van der Waals surface area contributed by atoms with Gasteiger partial charge in [-0.1, -0.05) is 423 Å². The Morgan fingerprint density at radius 1 is 0.176 bits per heavy atom. The van der Waals surface area contributed by atoms with Crippen LogP contribution in [0, 0.1) is 0 Å². The molecule has 0 unspecified atom stereocenters. The number of likely N-dealkylation sites (N-methyl/N-ethyl adjacent to an activating group) is 3. The summed E-state index contributed by atoms with van der Waals surface area (Å²) in [5.74, 6) is 1.38. The highest BCUT2D eigenvalue weighted by molar-refractivity contribution is 7.40. The molecule has 13 nitrogen and oxygen atoms in total. The lowest BCUT2D eigenvalue weighted by Gasteiger charge is -2.36. The molecule has 0 rings (SSSR count). The summed E-state index contributed by atoms with van der Waals surface area (Å²) in [7, 11) is 6.10. The third-order valence-corrected chi connectivity index (χ3v) is 25.8. The van der Waals surface area contributed by atoms with Gasteiger partial charge in [-0.05, 0) is 193 Å². The van der Waals surface area contributed by atoms with Crippen molar-refractivity contribution in [3.05, 3.63) is 72.9 Å². The number of hydrogen-bond donors (Lipinski definition) is 0. The number of Topliss-reactive ketones (excluding diaryl/α,β-unsaturated/α-hetero) is 3. The second-order valence-corrected chi connectivity index (χ2v) is 41.7. The second-order valence-electron chi connectivity index (χ2n) is 40.8. The molecule has 0 aliphatic rings. The first kappa shape index (κ1) is 134. The van der Waals surface area contributed by atoms with Gasteiger partial charge in [0.25, 0.3) is 0 Å². The van der Waals surface area contributed by atoms with Gasteiger partial charge in [0, 0.05) is 19.3 Å². The highest BCUT2D eigenvalue weighted by Crippen LogP contribution is 2.22. The Bertz CT molecular complexity index is 2440. The normalized spacial score (nSPS) is 12.2. The SMILES string of the molecule is CCCCCCCC/C=C\CCCCCCCC(=O)C[N+](C)(C)C(=O)CCCCCCC/C=C\CCCCCCCC.CCCCCCCC/C=C\CCCCCCCC(=O)C[N+](C)(C)C(=O)CCCCCCC/C=C\CCCCCCCC.CCCCCCCC/C=C\CCCCCCCC(=O)C[N+](C)(C)C(=O)CCCCCCC/C=C\CCCCCCCC.O=P([O-])([O-])[O-]. The zero-order chi connectivity index (χ0) is 97.5. The number of phosphoric acid groups is 1. The van der Waals surface area contributed by atoms with Gasteiger partial charge in [-0.3, -0.25) is 27.8 Å². The van der Waals surface area contributed by atoms with Crippen LogP contribution >= 0.6 is 7.82 Å². The van der Waals surface area contributed by atoms with Crippen LogP contribution in [0.25, 0.3) is 0 Å². The lowest BCUT2D eigenvalue weighted by molar-refractivity contribution is -0.805. The quantitative estimate of drug-likeness (QED) is 0.0245. The van der Waals surface area contributed by atoms with Crippen molar-refractivity contribution in [2.24, 2.45) is 0 Å². The maximum Gasteiger partial charge on any atom is 0.313 e. The van der Waals surface area contributed by atoms with Crippen molar-refractivity contribution >= 4 is 42.9 Å². The number of quaternary nitrogens is 3. The van der Waals surface area contributed by atoms with Crippen molar-refractivity contribution in [3.8, 4) is 0 Å². The van der Waals surface area contributed by atoms with Crippen molar-refractivity contribution in [2.45, 2.75) is 581 Å². The van der Waals surface area contributed by atoms with Gasteiger partial charge < -0.3 is 19.2 Å². The predicted molar refractivity (Wildman–Crippen MR) is 565 cm³/mol. The second kappa shape index (κ2) is 105. The minimum absolute atomic E-state index is 0.213. The predicted octanol–water partition coefficient (Wildman–Crippen LogP) is 33.9. The van der Waals surface area contributed by atoms with Crippen LogP contribution in [-0.4, -0.2) is 110 Å². The molecule has 0 bridgehead atoms. The summed E-state index contributed by atoms with van der Waals surface area (Å²) < 4.78 is 9.20. The van der Waals surface area contributed by atoms with Gasteiger partial charge in [0.1, 0.15) is 19.6 Å². The summed E-state index contributed by atoms with van der Waals surface area (Å²) in [6.07, 6.45) is 131. The molecule has 3 amide bonds. The fourth-order valence-corrected chi connectivity index (χ4v) is 17.0. The largest absolute Gasteiger partial charge is 0.822 e. The van der Waals surface area contributed by atoms with Gasteiger partial charge >= 0.3 is 17.7 Å². The summed E-state index contributed by atoms with van der Waals surface area (Å²) in [6, 6.07) is 0. The van der Waals surface area contributed by atoms with E-state index < -0.39 is 7.82 Å². The van der Waals surface area contributed by atoms with E-state index >= 15 is 0 Å². The summed E-state index contributed by atoms with van der Waals surface area (Å²) in [4.78, 5) is 101. The van der Waals surface area contributed by atoms with Gasteiger partial charge in [0.15, 0.2) is 17.3 Å². The van der Waals surface area contributed by atoms with Gasteiger partial charge in [0.2, 0.25) is 0 Å². The van der Waals surface area contributed by atoms with Crippen LogP contribution in [0.3, 0.4) is 0 Å². The van der Waals surface area contributed by atoms with Crippen LogP contribution in [0.15, 0.2) is 72.9 Å². The van der Waals surface area contributed by atoms with Crippen molar-refractivity contribution in [2.75, 3.05) is 61.9 Å². The Labute approximate surface area is 815 Å². The van der Waals surface area contributed by atoms with Gasteiger partial charge in [-0.15, -0.1) is 0 Å². The lowest BCUT2D eigenvalue weighted by atomic mass is 10.1. The Hall–Kier alpha value is -3.55.